The predicted octanol–water partition coefficient (Wildman–Crippen LogP) is 4.90. The first kappa shape index (κ1) is 20.3. The Hall–Kier alpha value is -2.05. The maximum Gasteiger partial charge on any atom is 0.259 e. The molecule has 2 rings (SSSR count). The van der Waals surface area contributed by atoms with Crippen LogP contribution in [0.4, 0.5) is 5.69 Å². The number of benzene rings is 2. The molecule has 2 aromatic carbocycles. The first-order chi connectivity index (χ1) is 12.5. The van der Waals surface area contributed by atoms with Gasteiger partial charge in [-0.15, -0.1) is 0 Å². The van der Waals surface area contributed by atoms with Crippen molar-refractivity contribution in [1.82, 2.24) is 0 Å². The Kier molecular flexibility index (Phi) is 7.94. The Bertz CT molecular complexity index is 734. The summed E-state index contributed by atoms with van der Waals surface area (Å²) >= 11 is 3.41. The number of hydrogen-bond acceptors (Lipinski definition) is 4. The van der Waals surface area contributed by atoms with Gasteiger partial charge in [0.2, 0.25) is 0 Å². The van der Waals surface area contributed by atoms with Crippen LogP contribution in [0.5, 0.6) is 11.5 Å². The molecule has 0 aliphatic carbocycles. The largest absolute Gasteiger partial charge is 0.490 e. The molecular formula is C20H24BrNO4. The number of halogens is 1. The molecule has 0 fully saturated rings. The summed E-state index contributed by atoms with van der Waals surface area (Å²) in [5, 5.41) is 2.90. The van der Waals surface area contributed by atoms with Crippen LogP contribution in [0.15, 0.2) is 46.9 Å². The fraction of sp³-hybridized carbons (Fsp3) is 0.350. The third-order valence-corrected chi connectivity index (χ3v) is 3.87. The summed E-state index contributed by atoms with van der Waals surface area (Å²) in [4.78, 5) is 12.8. The molecule has 1 N–H and O–H groups in total. The van der Waals surface area contributed by atoms with Crippen LogP contribution in [0.3, 0.4) is 0 Å². The zero-order valence-electron chi connectivity index (χ0n) is 15.3. The Balaban J connectivity index is 2.16. The third kappa shape index (κ3) is 6.04. The number of ether oxygens (including phenoxy) is 3. The zero-order chi connectivity index (χ0) is 18.9. The molecule has 0 heterocycles. The van der Waals surface area contributed by atoms with Crippen molar-refractivity contribution in [1.29, 1.82) is 0 Å². The highest BCUT2D eigenvalue weighted by atomic mass is 79.9. The van der Waals surface area contributed by atoms with Gasteiger partial charge in [-0.2, -0.15) is 0 Å². The first-order valence-electron chi connectivity index (χ1n) is 8.58. The maximum absolute atomic E-state index is 12.8. The summed E-state index contributed by atoms with van der Waals surface area (Å²) in [6.45, 7) is 7.33. The highest BCUT2D eigenvalue weighted by Crippen LogP contribution is 2.28. The molecule has 0 aliphatic heterocycles. The second kappa shape index (κ2) is 10.2. The second-order valence-corrected chi connectivity index (χ2v) is 6.72. The van der Waals surface area contributed by atoms with Crippen LogP contribution in [0, 0.1) is 0 Å². The smallest absolute Gasteiger partial charge is 0.259 e. The van der Waals surface area contributed by atoms with Gasteiger partial charge in [0.1, 0.15) is 18.1 Å². The molecule has 0 spiro atoms. The molecule has 0 aliphatic rings. The van der Waals surface area contributed by atoms with Crippen molar-refractivity contribution in [3.8, 4) is 11.5 Å². The molecule has 1 amide bonds. The van der Waals surface area contributed by atoms with Crippen LogP contribution in [0.1, 0.15) is 31.1 Å². The van der Waals surface area contributed by atoms with Gasteiger partial charge in [0.25, 0.3) is 5.91 Å². The minimum atomic E-state index is -0.261. The molecule has 0 radical (unpaired) electrons. The first-order valence-corrected chi connectivity index (χ1v) is 9.37. The molecule has 0 bridgehead atoms. The topological polar surface area (TPSA) is 56.8 Å². The Morgan fingerprint density at radius 2 is 1.88 bits per heavy atom. The zero-order valence-corrected chi connectivity index (χ0v) is 16.8. The van der Waals surface area contributed by atoms with E-state index in [4.69, 9.17) is 14.2 Å². The summed E-state index contributed by atoms with van der Waals surface area (Å²) in [6.07, 6.45) is -0.0306. The number of anilines is 1. The molecule has 0 saturated carbocycles. The molecule has 0 aromatic heterocycles. The van der Waals surface area contributed by atoms with Gasteiger partial charge in [-0.25, -0.2) is 0 Å². The molecule has 0 unspecified atom stereocenters. The van der Waals surface area contributed by atoms with Crippen LogP contribution in [0.25, 0.3) is 0 Å². The quantitative estimate of drug-likeness (QED) is 0.584. The average Bonchev–Trinajstić information content (AvgIpc) is 2.61. The number of para-hydroxylation sites is 2. The highest BCUT2D eigenvalue weighted by Gasteiger charge is 2.16. The van der Waals surface area contributed by atoms with Crippen molar-refractivity contribution in [2.75, 3.05) is 25.1 Å². The summed E-state index contributed by atoms with van der Waals surface area (Å²) < 4.78 is 17.5. The van der Waals surface area contributed by atoms with Gasteiger partial charge in [0.15, 0.2) is 0 Å². The lowest BCUT2D eigenvalue weighted by atomic mass is 10.1. The van der Waals surface area contributed by atoms with E-state index in [0.29, 0.717) is 42.6 Å². The molecule has 2 aromatic rings. The van der Waals surface area contributed by atoms with Crippen molar-refractivity contribution in [3.63, 3.8) is 0 Å². The maximum atomic E-state index is 12.8. The van der Waals surface area contributed by atoms with Crippen molar-refractivity contribution < 1.29 is 19.0 Å². The van der Waals surface area contributed by atoms with Gasteiger partial charge in [0.05, 0.1) is 24.0 Å². The Morgan fingerprint density at radius 1 is 1.12 bits per heavy atom. The van der Waals surface area contributed by atoms with Gasteiger partial charge in [-0.1, -0.05) is 28.1 Å². The SMILES string of the molecule is CCOCCOc1ccccc1NC(=O)c1cc(Br)ccc1OC(C)C. The summed E-state index contributed by atoms with van der Waals surface area (Å²) in [7, 11) is 0. The molecule has 5 nitrogen and oxygen atoms in total. The minimum Gasteiger partial charge on any atom is -0.490 e. The minimum absolute atomic E-state index is 0.0306. The van der Waals surface area contributed by atoms with Crippen molar-refractivity contribution in [2.24, 2.45) is 0 Å². The van der Waals surface area contributed by atoms with E-state index in [1.807, 2.05) is 45.0 Å². The lowest BCUT2D eigenvalue weighted by molar-refractivity contribution is 0.101. The van der Waals surface area contributed by atoms with E-state index in [9.17, 15) is 4.79 Å². The summed E-state index contributed by atoms with van der Waals surface area (Å²) in [5.74, 6) is 0.875. The van der Waals surface area contributed by atoms with Crippen molar-refractivity contribution in [3.05, 3.63) is 52.5 Å². The molecule has 0 saturated heterocycles. The van der Waals surface area contributed by atoms with Crippen LogP contribution < -0.4 is 14.8 Å². The van der Waals surface area contributed by atoms with Gasteiger partial charge < -0.3 is 19.5 Å². The van der Waals surface area contributed by atoms with Gasteiger partial charge in [-0.3, -0.25) is 4.79 Å². The number of carbonyl (C=O) groups excluding carboxylic acids is 1. The predicted molar refractivity (Wildman–Crippen MR) is 106 cm³/mol. The van der Waals surface area contributed by atoms with E-state index in [0.717, 1.165) is 4.47 Å². The van der Waals surface area contributed by atoms with Crippen LogP contribution in [0.2, 0.25) is 0 Å². The van der Waals surface area contributed by atoms with Crippen LogP contribution >= 0.6 is 15.9 Å². The fourth-order valence-corrected chi connectivity index (χ4v) is 2.64. The second-order valence-electron chi connectivity index (χ2n) is 5.80. The van der Waals surface area contributed by atoms with E-state index in [-0.39, 0.29) is 12.0 Å². The van der Waals surface area contributed by atoms with Gasteiger partial charge in [0, 0.05) is 11.1 Å². The average molecular weight is 422 g/mol. The standard InChI is InChI=1S/C20H24BrNO4/c1-4-24-11-12-25-19-8-6-5-7-17(19)22-20(23)16-13-15(21)9-10-18(16)26-14(2)3/h5-10,13-14H,4,11-12H2,1-3H3,(H,22,23). The number of nitrogens with one attached hydrogen (secondary N) is 1. The number of carbonyl (C=O) groups is 1. The normalized spacial score (nSPS) is 10.7. The van der Waals surface area contributed by atoms with Crippen LogP contribution in [-0.4, -0.2) is 31.8 Å². The van der Waals surface area contributed by atoms with E-state index >= 15 is 0 Å². The molecular weight excluding hydrogens is 398 g/mol. The Labute approximate surface area is 162 Å². The summed E-state index contributed by atoms with van der Waals surface area (Å²) in [5.41, 5.74) is 1.06. The lowest BCUT2D eigenvalue weighted by Gasteiger charge is -2.16. The fourth-order valence-electron chi connectivity index (χ4n) is 2.28. The van der Waals surface area contributed by atoms with Crippen molar-refractivity contribution >= 4 is 27.5 Å². The summed E-state index contributed by atoms with van der Waals surface area (Å²) in [6, 6.07) is 12.7. The van der Waals surface area contributed by atoms with Crippen LogP contribution in [-0.2, 0) is 4.74 Å². The van der Waals surface area contributed by atoms with E-state index in [1.54, 1.807) is 18.2 Å². The Morgan fingerprint density at radius 3 is 2.62 bits per heavy atom. The van der Waals surface area contributed by atoms with E-state index in [1.165, 1.54) is 0 Å². The number of rotatable bonds is 9. The number of amides is 1. The van der Waals surface area contributed by atoms with Crippen molar-refractivity contribution in [2.45, 2.75) is 26.9 Å². The third-order valence-electron chi connectivity index (χ3n) is 3.37. The number of hydrogen-bond donors (Lipinski definition) is 1. The monoisotopic (exact) mass is 421 g/mol. The van der Waals surface area contributed by atoms with Gasteiger partial charge >= 0.3 is 0 Å². The molecule has 140 valence electrons. The lowest BCUT2D eigenvalue weighted by Crippen LogP contribution is -2.17. The molecule has 6 heteroatoms. The molecule has 26 heavy (non-hydrogen) atoms. The highest BCUT2D eigenvalue weighted by molar-refractivity contribution is 9.10. The molecule has 0 atom stereocenters. The van der Waals surface area contributed by atoms with E-state index < -0.39 is 0 Å². The van der Waals surface area contributed by atoms with Gasteiger partial charge in [-0.05, 0) is 51.1 Å². The van der Waals surface area contributed by atoms with E-state index in [2.05, 4.69) is 21.2 Å².